The van der Waals surface area contributed by atoms with E-state index < -0.39 is 5.91 Å². The highest BCUT2D eigenvalue weighted by Gasteiger charge is 2.29. The van der Waals surface area contributed by atoms with Gasteiger partial charge in [-0.1, -0.05) is 12.1 Å². The summed E-state index contributed by atoms with van der Waals surface area (Å²) < 4.78 is 12.1. The number of nitrogens with one attached hydrogen (secondary N) is 2. The number of H-pyrrole nitrogens is 1. The first-order valence-corrected chi connectivity index (χ1v) is 10.1. The highest BCUT2D eigenvalue weighted by atomic mass is 16.5. The molecule has 10 heteroatoms. The number of furan rings is 1. The lowest BCUT2D eigenvalue weighted by Crippen LogP contribution is -2.22. The zero-order valence-electron chi connectivity index (χ0n) is 17.0. The molecule has 1 amide bonds. The van der Waals surface area contributed by atoms with Crippen LogP contribution in [0.2, 0.25) is 0 Å². The van der Waals surface area contributed by atoms with Gasteiger partial charge in [-0.2, -0.15) is 9.78 Å². The number of anilines is 1. The van der Waals surface area contributed by atoms with Crippen molar-refractivity contribution in [1.82, 2.24) is 24.9 Å². The SMILES string of the molecule is CCc1c(C)nc(-n2nc(-c3ccco3)cc2NC(=O)c2cc(C3CC3)on2)[nH]c1=O. The number of rotatable bonds is 6. The third kappa shape index (κ3) is 3.56. The smallest absolute Gasteiger partial charge is 0.279 e. The summed E-state index contributed by atoms with van der Waals surface area (Å²) in [4.78, 5) is 32.5. The number of aromatic amines is 1. The summed E-state index contributed by atoms with van der Waals surface area (Å²) >= 11 is 0. The molecule has 10 nitrogen and oxygen atoms in total. The van der Waals surface area contributed by atoms with Gasteiger partial charge in [-0.15, -0.1) is 0 Å². The zero-order valence-corrected chi connectivity index (χ0v) is 17.0. The van der Waals surface area contributed by atoms with Crippen LogP contribution in [0.15, 0.2) is 44.3 Å². The average molecular weight is 420 g/mol. The van der Waals surface area contributed by atoms with Crippen LogP contribution in [0.25, 0.3) is 17.4 Å². The number of carbonyl (C=O) groups is 1. The van der Waals surface area contributed by atoms with Crippen molar-refractivity contribution in [1.29, 1.82) is 0 Å². The van der Waals surface area contributed by atoms with Gasteiger partial charge in [-0.05, 0) is 38.3 Å². The van der Waals surface area contributed by atoms with Crippen molar-refractivity contribution < 1.29 is 13.7 Å². The third-order valence-corrected chi connectivity index (χ3v) is 5.23. The monoisotopic (exact) mass is 420 g/mol. The lowest BCUT2D eigenvalue weighted by molar-refractivity contribution is 0.101. The number of aryl methyl sites for hydroxylation is 1. The second-order valence-corrected chi connectivity index (χ2v) is 7.45. The number of aromatic nitrogens is 5. The highest BCUT2D eigenvalue weighted by Crippen LogP contribution is 2.40. The van der Waals surface area contributed by atoms with Gasteiger partial charge < -0.3 is 14.3 Å². The Bertz CT molecular complexity index is 1310. The van der Waals surface area contributed by atoms with Crippen LogP contribution in [0.1, 0.15) is 53.2 Å². The van der Waals surface area contributed by atoms with E-state index in [9.17, 15) is 9.59 Å². The Morgan fingerprint density at radius 2 is 2.19 bits per heavy atom. The van der Waals surface area contributed by atoms with Crippen LogP contribution in [0.3, 0.4) is 0 Å². The molecule has 0 unspecified atom stereocenters. The highest BCUT2D eigenvalue weighted by molar-refractivity contribution is 6.02. The summed E-state index contributed by atoms with van der Waals surface area (Å²) in [5.74, 6) is 1.61. The van der Waals surface area contributed by atoms with E-state index in [-0.39, 0.29) is 17.2 Å². The largest absolute Gasteiger partial charge is 0.463 e. The van der Waals surface area contributed by atoms with Crippen molar-refractivity contribution in [2.45, 2.75) is 39.0 Å². The Morgan fingerprint density at radius 1 is 1.35 bits per heavy atom. The Labute approximate surface area is 176 Å². The van der Waals surface area contributed by atoms with Gasteiger partial charge >= 0.3 is 0 Å². The van der Waals surface area contributed by atoms with Gasteiger partial charge in [0.25, 0.3) is 11.5 Å². The molecule has 1 aliphatic rings. The van der Waals surface area contributed by atoms with Crippen molar-refractivity contribution in [3.8, 4) is 17.4 Å². The van der Waals surface area contributed by atoms with Gasteiger partial charge in [0.15, 0.2) is 11.5 Å². The fraction of sp³-hybridized carbons (Fsp3) is 0.286. The van der Waals surface area contributed by atoms with Gasteiger partial charge in [-0.25, -0.2) is 4.98 Å². The van der Waals surface area contributed by atoms with Crippen molar-refractivity contribution in [2.75, 3.05) is 5.32 Å². The fourth-order valence-corrected chi connectivity index (χ4v) is 3.43. The topological polar surface area (TPSA) is 132 Å². The minimum atomic E-state index is -0.452. The number of amides is 1. The molecule has 1 aliphatic carbocycles. The van der Waals surface area contributed by atoms with Crippen LogP contribution in [-0.2, 0) is 6.42 Å². The molecule has 4 aromatic rings. The Morgan fingerprint density at radius 3 is 2.87 bits per heavy atom. The van der Waals surface area contributed by atoms with E-state index in [2.05, 4.69) is 25.5 Å². The molecule has 1 fully saturated rings. The Kier molecular flexibility index (Phi) is 4.54. The predicted molar refractivity (Wildman–Crippen MR) is 110 cm³/mol. The molecule has 0 aliphatic heterocycles. The summed E-state index contributed by atoms with van der Waals surface area (Å²) in [6.45, 7) is 3.66. The number of nitrogens with zero attached hydrogens (tertiary/aromatic N) is 4. The Balaban J connectivity index is 1.54. The zero-order chi connectivity index (χ0) is 21.5. The first-order chi connectivity index (χ1) is 15.0. The third-order valence-electron chi connectivity index (χ3n) is 5.23. The molecule has 0 radical (unpaired) electrons. The second kappa shape index (κ2) is 7.38. The van der Waals surface area contributed by atoms with Gasteiger partial charge in [-0.3, -0.25) is 14.6 Å². The quantitative estimate of drug-likeness (QED) is 0.489. The van der Waals surface area contributed by atoms with Crippen LogP contribution in [0, 0.1) is 6.92 Å². The van der Waals surface area contributed by atoms with E-state index in [1.54, 1.807) is 31.2 Å². The molecule has 1 saturated carbocycles. The van der Waals surface area contributed by atoms with E-state index >= 15 is 0 Å². The first kappa shape index (κ1) is 19.0. The molecule has 0 atom stereocenters. The molecule has 0 spiro atoms. The lowest BCUT2D eigenvalue weighted by atomic mass is 10.2. The van der Waals surface area contributed by atoms with Crippen LogP contribution in [-0.4, -0.2) is 30.8 Å². The molecule has 158 valence electrons. The van der Waals surface area contributed by atoms with Crippen LogP contribution >= 0.6 is 0 Å². The molecule has 31 heavy (non-hydrogen) atoms. The van der Waals surface area contributed by atoms with Gasteiger partial charge in [0.2, 0.25) is 5.95 Å². The lowest BCUT2D eigenvalue weighted by Gasteiger charge is -2.09. The first-order valence-electron chi connectivity index (χ1n) is 10.1. The van der Waals surface area contributed by atoms with Crippen molar-refractivity contribution in [3.63, 3.8) is 0 Å². The number of hydrogen-bond donors (Lipinski definition) is 2. The van der Waals surface area contributed by atoms with Crippen LogP contribution < -0.4 is 10.9 Å². The van der Waals surface area contributed by atoms with E-state index in [0.29, 0.717) is 46.6 Å². The summed E-state index contributed by atoms with van der Waals surface area (Å²) in [5, 5.41) is 11.1. The van der Waals surface area contributed by atoms with E-state index in [1.165, 1.54) is 10.9 Å². The molecule has 5 rings (SSSR count). The van der Waals surface area contributed by atoms with Crippen molar-refractivity contribution >= 4 is 11.7 Å². The Hall–Kier alpha value is -3.95. The molecule has 0 saturated heterocycles. The maximum Gasteiger partial charge on any atom is 0.279 e. The summed E-state index contributed by atoms with van der Waals surface area (Å²) in [7, 11) is 0. The second-order valence-electron chi connectivity index (χ2n) is 7.45. The molecule has 2 N–H and O–H groups in total. The van der Waals surface area contributed by atoms with Crippen molar-refractivity contribution in [2.24, 2.45) is 0 Å². The molecular weight excluding hydrogens is 400 g/mol. The predicted octanol–water partition coefficient (Wildman–Crippen LogP) is 3.20. The number of hydrogen-bond acceptors (Lipinski definition) is 7. The van der Waals surface area contributed by atoms with Gasteiger partial charge in [0.05, 0.1) is 6.26 Å². The molecular formula is C21H20N6O4. The van der Waals surface area contributed by atoms with E-state index in [1.807, 2.05) is 6.92 Å². The van der Waals surface area contributed by atoms with E-state index in [0.717, 1.165) is 12.8 Å². The minimum absolute atomic E-state index is 0.174. The van der Waals surface area contributed by atoms with Gasteiger partial charge in [0.1, 0.15) is 17.3 Å². The summed E-state index contributed by atoms with van der Waals surface area (Å²) in [6, 6.07) is 6.78. The standard InChI is InChI=1S/C21H20N6O4/c1-3-13-11(2)22-21(24-19(13)28)27-18(10-14(25-27)16-5-4-8-30-16)23-20(29)15-9-17(31-26-15)12-6-7-12/h4-5,8-10,12H,3,6-7H2,1-2H3,(H,23,29)(H,22,24,28). The van der Waals surface area contributed by atoms with Crippen LogP contribution in [0.4, 0.5) is 5.82 Å². The van der Waals surface area contributed by atoms with Gasteiger partial charge in [0, 0.05) is 29.3 Å². The average Bonchev–Trinajstić information content (AvgIpc) is 3.15. The maximum atomic E-state index is 12.8. The maximum absolute atomic E-state index is 12.8. The molecule has 4 heterocycles. The van der Waals surface area contributed by atoms with Crippen molar-refractivity contribution in [3.05, 3.63) is 63.6 Å². The molecule has 0 aromatic carbocycles. The molecule has 0 bridgehead atoms. The van der Waals surface area contributed by atoms with Crippen LogP contribution in [0.5, 0.6) is 0 Å². The summed E-state index contributed by atoms with van der Waals surface area (Å²) in [6.07, 6.45) is 4.18. The normalized spacial score (nSPS) is 13.5. The molecule has 4 aromatic heterocycles. The number of carbonyl (C=O) groups excluding carboxylic acids is 1. The minimum Gasteiger partial charge on any atom is -0.463 e. The fourth-order valence-electron chi connectivity index (χ4n) is 3.43. The van der Waals surface area contributed by atoms with E-state index in [4.69, 9.17) is 8.94 Å². The summed E-state index contributed by atoms with van der Waals surface area (Å²) in [5.41, 5.74) is 1.59.